The predicted molar refractivity (Wildman–Crippen MR) is 96.0 cm³/mol. The lowest BCUT2D eigenvalue weighted by Crippen LogP contribution is -2.47. The number of halogens is 1. The van der Waals surface area contributed by atoms with E-state index in [4.69, 9.17) is 0 Å². The van der Waals surface area contributed by atoms with Crippen LogP contribution in [0.4, 0.5) is 0 Å². The Morgan fingerprint density at radius 3 is 2.57 bits per heavy atom. The Hall–Kier alpha value is -1.10. The highest BCUT2D eigenvalue weighted by molar-refractivity contribution is 5.85. The third-order valence-electron chi connectivity index (χ3n) is 4.91. The Balaban J connectivity index is 0.00000192. The summed E-state index contributed by atoms with van der Waals surface area (Å²) < 4.78 is 0. The first-order valence-electron chi connectivity index (χ1n) is 8.53. The van der Waals surface area contributed by atoms with Gasteiger partial charge in [0.1, 0.15) is 0 Å². The minimum atomic E-state index is 0. The second-order valence-corrected chi connectivity index (χ2v) is 6.49. The minimum absolute atomic E-state index is 0. The third kappa shape index (κ3) is 4.69. The fourth-order valence-corrected chi connectivity index (χ4v) is 3.57. The standard InChI is InChI=1S/C18H27N3O.ClH/c1-15-4-6-16(7-5-15)17-3-2-11-20(17)12-8-18(22)21-13-9-19-10-14-21;/h4-7,17,19H,2-3,8-14H2,1H3;1H. The van der Waals surface area contributed by atoms with Crippen molar-refractivity contribution in [1.29, 1.82) is 0 Å². The number of amides is 1. The van der Waals surface area contributed by atoms with Gasteiger partial charge in [0.25, 0.3) is 0 Å². The topological polar surface area (TPSA) is 35.6 Å². The van der Waals surface area contributed by atoms with Crippen LogP contribution in [0.5, 0.6) is 0 Å². The maximum Gasteiger partial charge on any atom is 0.223 e. The molecule has 4 nitrogen and oxygen atoms in total. The van der Waals surface area contributed by atoms with Crippen LogP contribution in [0.3, 0.4) is 0 Å². The molecule has 1 N–H and O–H groups in total. The highest BCUT2D eigenvalue weighted by Gasteiger charge is 2.26. The average Bonchev–Trinajstić information content (AvgIpc) is 3.02. The van der Waals surface area contributed by atoms with Crippen molar-refractivity contribution in [1.82, 2.24) is 15.1 Å². The zero-order chi connectivity index (χ0) is 15.4. The number of carbonyl (C=O) groups excluding carboxylic acids is 1. The van der Waals surface area contributed by atoms with Crippen molar-refractivity contribution >= 4 is 18.3 Å². The van der Waals surface area contributed by atoms with Crippen molar-refractivity contribution < 1.29 is 4.79 Å². The monoisotopic (exact) mass is 337 g/mol. The number of aryl methyl sites for hydroxylation is 1. The first-order valence-corrected chi connectivity index (χ1v) is 8.53. The molecule has 1 aromatic rings. The van der Waals surface area contributed by atoms with Crippen molar-refractivity contribution in [2.24, 2.45) is 0 Å². The van der Waals surface area contributed by atoms with E-state index in [1.54, 1.807) is 0 Å². The number of benzene rings is 1. The van der Waals surface area contributed by atoms with Crippen molar-refractivity contribution in [2.45, 2.75) is 32.2 Å². The Labute approximate surface area is 145 Å². The Bertz CT molecular complexity index is 499. The minimum Gasteiger partial charge on any atom is -0.340 e. The summed E-state index contributed by atoms with van der Waals surface area (Å²) in [4.78, 5) is 16.8. The molecule has 1 aromatic carbocycles. The number of hydrogen-bond acceptors (Lipinski definition) is 3. The number of likely N-dealkylation sites (tertiary alicyclic amines) is 1. The molecule has 2 saturated heterocycles. The molecular weight excluding hydrogens is 310 g/mol. The van der Waals surface area contributed by atoms with Crippen LogP contribution < -0.4 is 5.32 Å². The fourth-order valence-electron chi connectivity index (χ4n) is 3.57. The molecule has 1 unspecified atom stereocenters. The van der Waals surface area contributed by atoms with E-state index in [0.29, 0.717) is 18.4 Å². The maximum atomic E-state index is 12.3. The van der Waals surface area contributed by atoms with Crippen molar-refractivity contribution in [3.8, 4) is 0 Å². The summed E-state index contributed by atoms with van der Waals surface area (Å²) in [5.41, 5.74) is 2.71. The second-order valence-electron chi connectivity index (χ2n) is 6.49. The van der Waals surface area contributed by atoms with Gasteiger partial charge in [-0.1, -0.05) is 29.8 Å². The molecule has 3 rings (SSSR count). The van der Waals surface area contributed by atoms with Gasteiger partial charge in [0, 0.05) is 45.2 Å². The van der Waals surface area contributed by atoms with Crippen LogP contribution in [0.1, 0.15) is 36.4 Å². The summed E-state index contributed by atoms with van der Waals surface area (Å²) in [5, 5.41) is 3.30. The van der Waals surface area contributed by atoms with E-state index in [-0.39, 0.29) is 12.4 Å². The molecule has 5 heteroatoms. The number of rotatable bonds is 4. The molecule has 2 aliphatic heterocycles. The number of piperazine rings is 1. The molecule has 2 aliphatic rings. The van der Waals surface area contributed by atoms with E-state index in [0.717, 1.165) is 39.3 Å². The van der Waals surface area contributed by atoms with Gasteiger partial charge in [-0.25, -0.2) is 0 Å². The molecule has 23 heavy (non-hydrogen) atoms. The second kappa shape index (κ2) is 8.67. The highest BCUT2D eigenvalue weighted by Crippen LogP contribution is 2.31. The van der Waals surface area contributed by atoms with Gasteiger partial charge in [0.15, 0.2) is 0 Å². The molecular formula is C18H28ClN3O. The number of carbonyl (C=O) groups is 1. The van der Waals surface area contributed by atoms with Crippen LogP contribution in [0, 0.1) is 6.92 Å². The Morgan fingerprint density at radius 2 is 1.87 bits per heavy atom. The zero-order valence-electron chi connectivity index (χ0n) is 14.0. The zero-order valence-corrected chi connectivity index (χ0v) is 14.8. The largest absolute Gasteiger partial charge is 0.340 e. The fraction of sp³-hybridized carbons (Fsp3) is 0.611. The number of nitrogens with zero attached hydrogens (tertiary/aromatic N) is 2. The van der Waals surface area contributed by atoms with Crippen LogP contribution in [0.2, 0.25) is 0 Å². The van der Waals surface area contributed by atoms with Gasteiger partial charge in [-0.05, 0) is 31.9 Å². The smallest absolute Gasteiger partial charge is 0.223 e. The predicted octanol–water partition coefficient (Wildman–Crippen LogP) is 2.38. The van der Waals surface area contributed by atoms with Gasteiger partial charge >= 0.3 is 0 Å². The highest BCUT2D eigenvalue weighted by atomic mass is 35.5. The SMILES string of the molecule is Cc1ccc(C2CCCN2CCC(=O)N2CCNCC2)cc1.Cl. The van der Waals surface area contributed by atoms with E-state index >= 15 is 0 Å². The average molecular weight is 338 g/mol. The molecule has 0 aliphatic carbocycles. The quantitative estimate of drug-likeness (QED) is 0.916. The lowest BCUT2D eigenvalue weighted by Gasteiger charge is -2.29. The molecule has 0 bridgehead atoms. The van der Waals surface area contributed by atoms with Crippen molar-refractivity contribution in [3.63, 3.8) is 0 Å². The summed E-state index contributed by atoms with van der Waals surface area (Å²) in [6.45, 7) is 7.72. The summed E-state index contributed by atoms with van der Waals surface area (Å²) in [7, 11) is 0. The number of hydrogen-bond donors (Lipinski definition) is 1. The van der Waals surface area contributed by atoms with Gasteiger partial charge < -0.3 is 10.2 Å². The molecule has 2 heterocycles. The Morgan fingerprint density at radius 1 is 1.17 bits per heavy atom. The molecule has 0 radical (unpaired) electrons. The first kappa shape index (κ1) is 18.2. The van der Waals surface area contributed by atoms with Crippen molar-refractivity contribution in [3.05, 3.63) is 35.4 Å². The molecule has 128 valence electrons. The molecule has 2 fully saturated rings. The third-order valence-corrected chi connectivity index (χ3v) is 4.91. The first-order chi connectivity index (χ1) is 10.7. The van der Waals surface area contributed by atoms with Gasteiger partial charge in [-0.2, -0.15) is 0 Å². The Kier molecular flexibility index (Phi) is 6.88. The molecule has 0 spiro atoms. The van der Waals surface area contributed by atoms with Gasteiger partial charge in [-0.3, -0.25) is 9.69 Å². The molecule has 1 atom stereocenters. The van der Waals surface area contributed by atoms with E-state index in [9.17, 15) is 4.79 Å². The van der Waals surface area contributed by atoms with Crippen LogP contribution in [-0.4, -0.2) is 55.0 Å². The lowest BCUT2D eigenvalue weighted by molar-refractivity contribution is -0.132. The van der Waals surface area contributed by atoms with Crippen LogP contribution >= 0.6 is 12.4 Å². The van der Waals surface area contributed by atoms with E-state index < -0.39 is 0 Å². The van der Waals surface area contributed by atoms with Crippen molar-refractivity contribution in [2.75, 3.05) is 39.3 Å². The van der Waals surface area contributed by atoms with E-state index in [2.05, 4.69) is 41.4 Å². The summed E-state index contributed by atoms with van der Waals surface area (Å²) >= 11 is 0. The summed E-state index contributed by atoms with van der Waals surface area (Å²) in [6, 6.07) is 9.37. The van der Waals surface area contributed by atoms with Crippen LogP contribution in [0.15, 0.2) is 24.3 Å². The maximum absolute atomic E-state index is 12.3. The van der Waals surface area contributed by atoms with Crippen LogP contribution in [-0.2, 0) is 4.79 Å². The van der Waals surface area contributed by atoms with Gasteiger partial charge in [0.2, 0.25) is 5.91 Å². The van der Waals surface area contributed by atoms with E-state index in [1.807, 2.05) is 4.90 Å². The van der Waals surface area contributed by atoms with Gasteiger partial charge in [-0.15, -0.1) is 12.4 Å². The summed E-state index contributed by atoms with van der Waals surface area (Å²) in [5.74, 6) is 0.316. The lowest BCUT2D eigenvalue weighted by atomic mass is 10.0. The molecule has 0 aromatic heterocycles. The molecule has 0 saturated carbocycles. The van der Waals surface area contributed by atoms with Crippen LogP contribution in [0.25, 0.3) is 0 Å². The summed E-state index contributed by atoms with van der Waals surface area (Å²) in [6.07, 6.45) is 3.10. The normalized spacial score (nSPS) is 22.0. The number of nitrogens with one attached hydrogen (secondary N) is 1. The van der Waals surface area contributed by atoms with Gasteiger partial charge in [0.05, 0.1) is 0 Å². The van der Waals surface area contributed by atoms with E-state index in [1.165, 1.54) is 24.0 Å². The molecule has 1 amide bonds.